The lowest BCUT2D eigenvalue weighted by molar-refractivity contribution is -0.133. The number of fused-ring (bicyclic) bond motifs is 1. The van der Waals surface area contributed by atoms with Crippen LogP contribution in [0, 0.1) is 17.1 Å². The van der Waals surface area contributed by atoms with Crippen LogP contribution < -0.4 is 11.1 Å². The molecule has 0 radical (unpaired) electrons. The molecule has 10 nitrogen and oxygen atoms in total. The third-order valence-corrected chi connectivity index (χ3v) is 6.30. The molecule has 1 fully saturated rings. The third-order valence-electron chi connectivity index (χ3n) is 6.30. The molecule has 0 bridgehead atoms. The van der Waals surface area contributed by atoms with Crippen LogP contribution in [0.5, 0.6) is 0 Å². The quantitative estimate of drug-likeness (QED) is 0.527. The van der Waals surface area contributed by atoms with E-state index in [1.165, 1.54) is 15.5 Å². The van der Waals surface area contributed by atoms with Crippen LogP contribution in [-0.4, -0.2) is 58.9 Å². The van der Waals surface area contributed by atoms with E-state index in [0.29, 0.717) is 35.2 Å². The molecule has 206 valence electrons. The van der Waals surface area contributed by atoms with Gasteiger partial charge in [-0.15, -0.1) is 0 Å². The highest BCUT2D eigenvalue weighted by atomic mass is 19.1. The molecule has 0 spiro atoms. The molecular formula is C28H31FN4O6. The standard InChI is InChI=1S/C28H31FN4O6/c1-28(2,3)39-27(36)33-10-5-11-37-24(16-33)25(34)31-20(15-30)12-19-7-6-17(13-21(19)29)18-8-9-23-22(14-18)32(4)26(35)38-23/h6-9,13-14,20,24H,5,10-12,16H2,1-4H3,(H,31,34)/t20?,24-/m0/s1. The lowest BCUT2D eigenvalue weighted by Gasteiger charge is -2.27. The fourth-order valence-corrected chi connectivity index (χ4v) is 4.29. The number of carbonyl (C=O) groups is 2. The predicted molar refractivity (Wildman–Crippen MR) is 140 cm³/mol. The first-order chi connectivity index (χ1) is 18.4. The lowest BCUT2D eigenvalue weighted by Crippen LogP contribution is -2.48. The minimum absolute atomic E-state index is 0.0193. The Bertz CT molecular complexity index is 1480. The molecule has 1 saturated heterocycles. The van der Waals surface area contributed by atoms with Gasteiger partial charge in [-0.2, -0.15) is 5.26 Å². The Morgan fingerprint density at radius 2 is 1.95 bits per heavy atom. The number of benzene rings is 2. The maximum atomic E-state index is 15.1. The van der Waals surface area contributed by atoms with Crippen molar-refractivity contribution in [1.29, 1.82) is 5.26 Å². The smallest absolute Gasteiger partial charge is 0.419 e. The van der Waals surface area contributed by atoms with Crippen molar-refractivity contribution in [2.45, 2.75) is 51.4 Å². The Morgan fingerprint density at radius 3 is 2.64 bits per heavy atom. The minimum atomic E-state index is -1.02. The summed E-state index contributed by atoms with van der Waals surface area (Å²) in [7, 11) is 1.59. The lowest BCUT2D eigenvalue weighted by atomic mass is 10.00. The van der Waals surface area contributed by atoms with Crippen molar-refractivity contribution >= 4 is 23.1 Å². The largest absolute Gasteiger partial charge is 0.444 e. The summed E-state index contributed by atoms with van der Waals surface area (Å²) in [6, 6.07) is 10.7. The Morgan fingerprint density at radius 1 is 1.23 bits per heavy atom. The van der Waals surface area contributed by atoms with Crippen molar-refractivity contribution in [3.05, 3.63) is 58.3 Å². The van der Waals surface area contributed by atoms with E-state index in [0.717, 1.165) is 0 Å². The number of nitriles is 1. The number of amides is 2. The molecule has 1 aliphatic heterocycles. The number of carbonyl (C=O) groups excluding carboxylic acids is 2. The molecule has 2 heterocycles. The summed E-state index contributed by atoms with van der Waals surface area (Å²) >= 11 is 0. The summed E-state index contributed by atoms with van der Waals surface area (Å²) in [5, 5.41) is 12.3. The van der Waals surface area contributed by atoms with E-state index in [4.69, 9.17) is 13.9 Å². The maximum Gasteiger partial charge on any atom is 0.419 e. The average molecular weight is 539 g/mol. The number of hydrogen-bond donors (Lipinski definition) is 1. The number of aromatic nitrogens is 1. The second kappa shape index (κ2) is 11.3. The van der Waals surface area contributed by atoms with Crippen LogP contribution >= 0.6 is 0 Å². The Hall–Kier alpha value is -4.17. The molecule has 0 saturated carbocycles. The number of rotatable bonds is 5. The van der Waals surface area contributed by atoms with E-state index in [-0.39, 0.29) is 25.1 Å². The van der Waals surface area contributed by atoms with Crippen molar-refractivity contribution in [2.75, 3.05) is 19.7 Å². The summed E-state index contributed by atoms with van der Waals surface area (Å²) < 4.78 is 32.6. The first kappa shape index (κ1) is 27.9. The van der Waals surface area contributed by atoms with E-state index < -0.39 is 41.3 Å². The predicted octanol–water partition coefficient (Wildman–Crippen LogP) is 3.51. The van der Waals surface area contributed by atoms with Crippen LogP contribution in [0.25, 0.3) is 22.2 Å². The van der Waals surface area contributed by atoms with Crippen molar-refractivity contribution in [3.63, 3.8) is 0 Å². The zero-order chi connectivity index (χ0) is 28.3. The fourth-order valence-electron chi connectivity index (χ4n) is 4.29. The molecule has 1 N–H and O–H groups in total. The van der Waals surface area contributed by atoms with Gasteiger partial charge in [-0.1, -0.05) is 18.2 Å². The van der Waals surface area contributed by atoms with Crippen molar-refractivity contribution in [3.8, 4) is 17.2 Å². The van der Waals surface area contributed by atoms with Crippen LogP contribution in [0.2, 0.25) is 0 Å². The SMILES string of the molecule is Cn1c(=O)oc2ccc(-c3ccc(CC(C#N)NC(=O)[C@@H]4CN(C(=O)OC(C)(C)C)CCCO4)c(F)c3)cc21. The summed E-state index contributed by atoms with van der Waals surface area (Å²) in [5.74, 6) is -1.59. The highest BCUT2D eigenvalue weighted by molar-refractivity contribution is 5.83. The molecule has 3 aromatic rings. The van der Waals surface area contributed by atoms with Gasteiger partial charge in [0.2, 0.25) is 0 Å². The monoisotopic (exact) mass is 538 g/mol. The molecule has 2 amide bonds. The highest BCUT2D eigenvalue weighted by Crippen LogP contribution is 2.26. The van der Waals surface area contributed by atoms with Crippen molar-refractivity contribution < 1.29 is 27.9 Å². The van der Waals surface area contributed by atoms with E-state index >= 15 is 4.39 Å². The fraction of sp³-hybridized carbons (Fsp3) is 0.429. The third kappa shape index (κ3) is 6.64. The van der Waals surface area contributed by atoms with Gasteiger partial charge in [-0.25, -0.2) is 14.0 Å². The van der Waals surface area contributed by atoms with Crippen molar-refractivity contribution in [2.24, 2.45) is 7.05 Å². The van der Waals surface area contributed by atoms with Gasteiger partial charge in [0.05, 0.1) is 18.1 Å². The Balaban J connectivity index is 1.43. The summed E-state index contributed by atoms with van der Waals surface area (Å²) in [4.78, 5) is 38.6. The van der Waals surface area contributed by atoms with Gasteiger partial charge >= 0.3 is 11.8 Å². The number of hydrogen-bond acceptors (Lipinski definition) is 7. The second-order valence-electron chi connectivity index (χ2n) is 10.4. The number of nitrogens with one attached hydrogen (secondary N) is 1. The number of nitrogens with zero attached hydrogens (tertiary/aromatic N) is 3. The summed E-state index contributed by atoms with van der Waals surface area (Å²) in [6.45, 7) is 5.90. The molecule has 2 atom stereocenters. The first-order valence-corrected chi connectivity index (χ1v) is 12.6. The summed E-state index contributed by atoms with van der Waals surface area (Å²) in [6.07, 6.45) is -1.06. The Kier molecular flexibility index (Phi) is 8.06. The van der Waals surface area contributed by atoms with Gasteiger partial charge in [0.25, 0.3) is 5.91 Å². The number of oxazole rings is 1. The molecule has 2 aromatic carbocycles. The van der Waals surface area contributed by atoms with Crippen LogP contribution in [0.1, 0.15) is 32.8 Å². The number of halogens is 1. The van der Waals surface area contributed by atoms with Crippen LogP contribution in [-0.2, 0) is 27.7 Å². The van der Waals surface area contributed by atoms with Crippen molar-refractivity contribution in [1.82, 2.24) is 14.8 Å². The molecule has 39 heavy (non-hydrogen) atoms. The van der Waals surface area contributed by atoms with Crippen LogP contribution in [0.15, 0.2) is 45.6 Å². The molecule has 0 aliphatic carbocycles. The van der Waals surface area contributed by atoms with Gasteiger partial charge < -0.3 is 24.1 Å². The molecular weight excluding hydrogens is 507 g/mol. The first-order valence-electron chi connectivity index (χ1n) is 12.6. The normalized spacial score (nSPS) is 16.8. The van der Waals surface area contributed by atoms with Gasteiger partial charge in [0.15, 0.2) is 11.7 Å². The molecule has 4 rings (SSSR count). The Labute approximate surface area is 224 Å². The van der Waals surface area contributed by atoms with Gasteiger partial charge in [-0.05, 0) is 62.1 Å². The molecule has 11 heteroatoms. The van der Waals surface area contributed by atoms with Crippen LogP contribution in [0.4, 0.5) is 9.18 Å². The van der Waals surface area contributed by atoms with E-state index in [1.54, 1.807) is 58.2 Å². The van der Waals surface area contributed by atoms with E-state index in [2.05, 4.69) is 5.32 Å². The zero-order valence-electron chi connectivity index (χ0n) is 22.3. The van der Waals surface area contributed by atoms with E-state index in [1.807, 2.05) is 6.07 Å². The minimum Gasteiger partial charge on any atom is -0.444 e. The summed E-state index contributed by atoms with van der Waals surface area (Å²) in [5.41, 5.74) is 1.85. The molecule has 1 aliphatic rings. The topological polar surface area (TPSA) is 127 Å². The zero-order valence-corrected chi connectivity index (χ0v) is 22.3. The van der Waals surface area contributed by atoms with Gasteiger partial charge in [0, 0.05) is 26.6 Å². The van der Waals surface area contributed by atoms with E-state index in [9.17, 15) is 19.6 Å². The van der Waals surface area contributed by atoms with Gasteiger partial charge in [0.1, 0.15) is 17.5 Å². The molecule has 1 aromatic heterocycles. The second-order valence-corrected chi connectivity index (χ2v) is 10.4. The number of aryl methyl sites for hydroxylation is 1. The van der Waals surface area contributed by atoms with Crippen LogP contribution in [0.3, 0.4) is 0 Å². The maximum absolute atomic E-state index is 15.1. The highest BCUT2D eigenvalue weighted by Gasteiger charge is 2.31. The molecule has 1 unspecified atom stereocenters. The van der Waals surface area contributed by atoms with Gasteiger partial charge in [-0.3, -0.25) is 9.36 Å². The average Bonchev–Trinajstić information content (AvgIpc) is 3.03. The number of ether oxygens (including phenoxy) is 2.